The highest BCUT2D eigenvalue weighted by Gasteiger charge is 2.31. The highest BCUT2D eigenvalue weighted by Crippen LogP contribution is 2.37. The zero-order valence-corrected chi connectivity index (χ0v) is 19.0. The molecule has 2 aromatic heterocycles. The first-order valence-electron chi connectivity index (χ1n) is 11.0. The zero-order chi connectivity index (χ0) is 21.4. The van der Waals surface area contributed by atoms with E-state index in [2.05, 4.69) is 22.9 Å². The van der Waals surface area contributed by atoms with Crippen molar-refractivity contribution in [1.29, 1.82) is 0 Å². The van der Waals surface area contributed by atoms with Crippen molar-refractivity contribution in [2.45, 2.75) is 71.5 Å². The Morgan fingerprint density at radius 1 is 1.20 bits per heavy atom. The van der Waals surface area contributed by atoms with Gasteiger partial charge in [-0.1, -0.05) is 0 Å². The number of aryl methyl sites for hydroxylation is 2. The molecule has 1 saturated carbocycles. The quantitative estimate of drug-likeness (QED) is 0.765. The number of rotatable bonds is 5. The fourth-order valence-electron chi connectivity index (χ4n) is 4.86. The molecular weight excluding hydrogens is 396 g/mol. The number of hydrogen-bond donors (Lipinski definition) is 2. The van der Waals surface area contributed by atoms with E-state index < -0.39 is 0 Å². The summed E-state index contributed by atoms with van der Waals surface area (Å²) in [6.07, 6.45) is 5.23. The fraction of sp³-hybridized carbons (Fsp3) is 0.565. The number of aromatic nitrogens is 1. The number of nitrogens with one attached hydrogen (secondary N) is 1. The number of carbonyl (C=O) groups excluding carboxylic acids is 1. The Balaban J connectivity index is 1.54. The molecule has 1 aliphatic carbocycles. The van der Waals surface area contributed by atoms with E-state index in [-0.39, 0.29) is 11.5 Å². The van der Waals surface area contributed by atoms with Crippen molar-refractivity contribution >= 4 is 22.2 Å². The molecule has 1 amide bonds. The summed E-state index contributed by atoms with van der Waals surface area (Å²) in [7, 11) is 0. The number of H-pyrrole nitrogens is 1. The lowest BCUT2D eigenvalue weighted by Crippen LogP contribution is -2.40. The van der Waals surface area contributed by atoms with E-state index in [1.165, 1.54) is 9.88 Å². The Hall–Kier alpha value is -2.12. The predicted octanol–water partition coefficient (Wildman–Crippen LogP) is 3.35. The molecule has 0 unspecified atom stereocenters. The van der Waals surface area contributed by atoms with Crippen LogP contribution < -0.4 is 16.2 Å². The maximum absolute atomic E-state index is 13.2. The minimum Gasteiger partial charge on any atom is -0.361 e. The van der Waals surface area contributed by atoms with Gasteiger partial charge in [-0.25, -0.2) is 0 Å². The Kier molecular flexibility index (Phi) is 6.02. The van der Waals surface area contributed by atoms with Gasteiger partial charge in [0.15, 0.2) is 0 Å². The van der Waals surface area contributed by atoms with Crippen LogP contribution in [0.4, 0.5) is 5.00 Å². The number of hydrogen-bond acceptors (Lipinski definition) is 5. The van der Waals surface area contributed by atoms with E-state index in [0.717, 1.165) is 55.5 Å². The summed E-state index contributed by atoms with van der Waals surface area (Å²) in [5.74, 6) is 0.0415. The summed E-state index contributed by atoms with van der Waals surface area (Å²) < 4.78 is 0. The number of anilines is 1. The van der Waals surface area contributed by atoms with Gasteiger partial charge in [-0.3, -0.25) is 9.59 Å². The molecule has 0 bridgehead atoms. The highest BCUT2D eigenvalue weighted by molar-refractivity contribution is 7.16. The smallest absolute Gasteiger partial charge is 0.255 e. The third-order valence-electron chi connectivity index (χ3n) is 6.57. The fourth-order valence-corrected chi connectivity index (χ4v) is 6.13. The molecule has 1 aliphatic heterocycles. The molecule has 4 rings (SSSR count). The van der Waals surface area contributed by atoms with Gasteiger partial charge >= 0.3 is 0 Å². The Labute approximate surface area is 182 Å². The first-order valence-corrected chi connectivity index (χ1v) is 11.8. The summed E-state index contributed by atoms with van der Waals surface area (Å²) in [6, 6.07) is 4.89. The van der Waals surface area contributed by atoms with Gasteiger partial charge in [0.1, 0.15) is 0 Å². The number of pyridine rings is 1. The molecular formula is C23H32N4O2S. The van der Waals surface area contributed by atoms with Crippen LogP contribution in [0.1, 0.15) is 64.7 Å². The minimum atomic E-state index is -0.0928. The van der Waals surface area contributed by atoms with E-state index in [0.29, 0.717) is 30.7 Å². The largest absolute Gasteiger partial charge is 0.361 e. The maximum Gasteiger partial charge on any atom is 0.255 e. The molecule has 6 nitrogen and oxygen atoms in total. The number of aromatic amines is 1. The topological polar surface area (TPSA) is 82.4 Å². The lowest BCUT2D eigenvalue weighted by Gasteiger charge is -2.36. The van der Waals surface area contributed by atoms with Gasteiger partial charge in [0, 0.05) is 47.7 Å². The molecule has 162 valence electrons. The van der Waals surface area contributed by atoms with Crippen LogP contribution in [0.5, 0.6) is 0 Å². The van der Waals surface area contributed by atoms with Crippen molar-refractivity contribution in [3.05, 3.63) is 49.7 Å². The Morgan fingerprint density at radius 2 is 1.93 bits per heavy atom. The molecule has 1 fully saturated rings. The summed E-state index contributed by atoms with van der Waals surface area (Å²) in [5.41, 5.74) is 9.28. The number of amides is 1. The predicted molar refractivity (Wildman–Crippen MR) is 123 cm³/mol. The van der Waals surface area contributed by atoms with E-state index in [9.17, 15) is 9.59 Å². The second-order valence-electron chi connectivity index (χ2n) is 8.70. The third kappa shape index (κ3) is 4.05. The number of fused-ring (bicyclic) bond motifs is 1. The van der Waals surface area contributed by atoms with Crippen molar-refractivity contribution < 1.29 is 4.79 Å². The van der Waals surface area contributed by atoms with E-state index in [4.69, 9.17) is 5.73 Å². The Bertz CT molecular complexity index is 988. The SMILES string of the molecule is CCN(c1cc2c(s1)CCN(Cc1c(C)cc(C)[nH]c1=O)C2=O)[C@H]1CC[C@H](N)CC1. The minimum absolute atomic E-state index is 0.0415. The van der Waals surface area contributed by atoms with E-state index in [1.807, 2.05) is 24.8 Å². The molecule has 0 saturated heterocycles. The number of carbonyl (C=O) groups is 1. The van der Waals surface area contributed by atoms with Crippen LogP contribution >= 0.6 is 11.3 Å². The van der Waals surface area contributed by atoms with Crippen LogP contribution in [0.25, 0.3) is 0 Å². The maximum atomic E-state index is 13.2. The van der Waals surface area contributed by atoms with Gasteiger partial charge in [0.2, 0.25) is 0 Å². The van der Waals surface area contributed by atoms with Crippen molar-refractivity contribution in [2.24, 2.45) is 5.73 Å². The van der Waals surface area contributed by atoms with Crippen molar-refractivity contribution in [2.75, 3.05) is 18.0 Å². The van der Waals surface area contributed by atoms with Crippen LogP contribution in [0.2, 0.25) is 0 Å². The first kappa shape index (κ1) is 21.1. The number of nitrogens with two attached hydrogens (primary N) is 1. The second-order valence-corrected chi connectivity index (χ2v) is 9.81. The zero-order valence-electron chi connectivity index (χ0n) is 18.2. The lowest BCUT2D eigenvalue weighted by molar-refractivity contribution is 0.0728. The van der Waals surface area contributed by atoms with Crippen LogP contribution in [0.3, 0.4) is 0 Å². The van der Waals surface area contributed by atoms with E-state index in [1.54, 1.807) is 11.3 Å². The van der Waals surface area contributed by atoms with Crippen LogP contribution in [0.15, 0.2) is 16.9 Å². The summed E-state index contributed by atoms with van der Waals surface area (Å²) >= 11 is 1.76. The van der Waals surface area contributed by atoms with Crippen molar-refractivity contribution in [3.63, 3.8) is 0 Å². The van der Waals surface area contributed by atoms with Crippen molar-refractivity contribution in [3.8, 4) is 0 Å². The summed E-state index contributed by atoms with van der Waals surface area (Å²) in [4.78, 5) is 34.0. The van der Waals surface area contributed by atoms with Crippen LogP contribution in [-0.2, 0) is 13.0 Å². The van der Waals surface area contributed by atoms with Crippen LogP contribution in [0, 0.1) is 13.8 Å². The molecule has 3 heterocycles. The Morgan fingerprint density at radius 3 is 2.60 bits per heavy atom. The van der Waals surface area contributed by atoms with Gasteiger partial charge in [-0.2, -0.15) is 0 Å². The monoisotopic (exact) mass is 428 g/mol. The van der Waals surface area contributed by atoms with E-state index >= 15 is 0 Å². The molecule has 0 radical (unpaired) electrons. The number of nitrogens with zero attached hydrogens (tertiary/aromatic N) is 2. The summed E-state index contributed by atoms with van der Waals surface area (Å²) in [5, 5.41) is 1.20. The van der Waals surface area contributed by atoms with Gasteiger partial charge in [0.05, 0.1) is 17.1 Å². The standard InChI is InChI=1S/C23H32N4O2S/c1-4-27(17-7-5-16(24)6-8-17)21-12-18-20(30-21)9-10-26(23(18)29)13-19-14(2)11-15(3)25-22(19)28/h11-12,16-17H,4-10,13,24H2,1-3H3,(H,25,28)/t16-,17-. The van der Waals surface area contributed by atoms with Gasteiger partial charge in [-0.15, -0.1) is 11.3 Å². The molecule has 2 aliphatic rings. The summed E-state index contributed by atoms with van der Waals surface area (Å²) in [6.45, 7) is 7.97. The highest BCUT2D eigenvalue weighted by atomic mass is 32.1. The van der Waals surface area contributed by atoms with Gasteiger partial charge in [-0.05, 0) is 64.2 Å². The molecule has 2 aromatic rings. The van der Waals surface area contributed by atoms with Gasteiger partial charge in [0.25, 0.3) is 11.5 Å². The third-order valence-corrected chi connectivity index (χ3v) is 7.80. The second kappa shape index (κ2) is 8.55. The average Bonchev–Trinajstić information content (AvgIpc) is 3.13. The van der Waals surface area contributed by atoms with Crippen LogP contribution in [-0.4, -0.2) is 41.0 Å². The van der Waals surface area contributed by atoms with Crippen molar-refractivity contribution in [1.82, 2.24) is 9.88 Å². The average molecular weight is 429 g/mol. The molecule has 7 heteroatoms. The molecule has 30 heavy (non-hydrogen) atoms. The molecule has 0 aromatic carbocycles. The number of thiophene rings is 1. The molecule has 0 spiro atoms. The normalized spacial score (nSPS) is 21.6. The lowest BCUT2D eigenvalue weighted by atomic mass is 9.91. The van der Waals surface area contributed by atoms with Gasteiger partial charge < -0.3 is 20.5 Å². The molecule has 0 atom stereocenters. The molecule has 3 N–H and O–H groups in total. The first-order chi connectivity index (χ1) is 14.4.